The highest BCUT2D eigenvalue weighted by atomic mass is 19.3. The fourth-order valence-corrected chi connectivity index (χ4v) is 1.63. The number of carbonyl (C=O) groups excluding carboxylic acids is 1. The summed E-state index contributed by atoms with van der Waals surface area (Å²) in [5.74, 6) is -0.0734. The molecule has 1 aromatic rings. The predicted molar refractivity (Wildman–Crippen MR) is 55.5 cm³/mol. The Morgan fingerprint density at radius 1 is 1.40 bits per heavy atom. The summed E-state index contributed by atoms with van der Waals surface area (Å²) in [6.07, 6.45) is -1.88. The number of halogens is 2. The van der Waals surface area contributed by atoms with Crippen molar-refractivity contribution in [3.05, 3.63) is 34.4 Å². The second kappa shape index (κ2) is 4.51. The molecule has 0 aliphatic heterocycles. The Bertz CT molecular complexity index is 383. The fraction of sp³-hybridized carbons (Fsp3) is 0.417. The lowest BCUT2D eigenvalue weighted by Gasteiger charge is -2.11. The normalized spacial score (nSPS) is 10.8. The summed E-state index contributed by atoms with van der Waals surface area (Å²) in [6, 6.07) is 3.00. The van der Waals surface area contributed by atoms with Gasteiger partial charge in [0.15, 0.2) is 5.78 Å². The van der Waals surface area contributed by atoms with Gasteiger partial charge < -0.3 is 0 Å². The van der Waals surface area contributed by atoms with Crippen LogP contribution in [0.25, 0.3) is 0 Å². The Labute approximate surface area is 88.1 Å². The molecule has 0 fully saturated rings. The van der Waals surface area contributed by atoms with Crippen molar-refractivity contribution in [2.24, 2.45) is 0 Å². The lowest BCUT2D eigenvalue weighted by molar-refractivity contribution is 0.101. The van der Waals surface area contributed by atoms with Crippen molar-refractivity contribution in [2.75, 3.05) is 0 Å². The van der Waals surface area contributed by atoms with E-state index >= 15 is 0 Å². The van der Waals surface area contributed by atoms with Crippen LogP contribution in [0.15, 0.2) is 12.1 Å². The van der Waals surface area contributed by atoms with Gasteiger partial charge in [0.2, 0.25) is 0 Å². The highest BCUT2D eigenvalue weighted by Crippen LogP contribution is 2.26. The van der Waals surface area contributed by atoms with E-state index in [0.29, 0.717) is 23.1 Å². The molecule has 0 aliphatic rings. The molecule has 0 bridgehead atoms. The SMILES string of the molecule is CCc1cc(C(F)F)c(C)cc1C(C)=O. The summed E-state index contributed by atoms with van der Waals surface area (Å²) in [7, 11) is 0. The van der Waals surface area contributed by atoms with Crippen LogP contribution in [0.3, 0.4) is 0 Å². The van der Waals surface area contributed by atoms with E-state index in [0.717, 1.165) is 0 Å². The van der Waals surface area contributed by atoms with Crippen LogP contribution in [0.4, 0.5) is 8.78 Å². The molecule has 1 rings (SSSR count). The summed E-state index contributed by atoms with van der Waals surface area (Å²) in [5, 5.41) is 0. The highest BCUT2D eigenvalue weighted by molar-refractivity contribution is 5.95. The monoisotopic (exact) mass is 212 g/mol. The van der Waals surface area contributed by atoms with Crippen molar-refractivity contribution in [2.45, 2.75) is 33.6 Å². The molecule has 0 unspecified atom stereocenters. The number of carbonyl (C=O) groups is 1. The van der Waals surface area contributed by atoms with Crippen LogP contribution in [0, 0.1) is 6.92 Å². The first-order valence-corrected chi connectivity index (χ1v) is 4.89. The average Bonchev–Trinajstić information content (AvgIpc) is 2.16. The zero-order chi connectivity index (χ0) is 11.6. The molecular weight excluding hydrogens is 198 g/mol. The summed E-state index contributed by atoms with van der Waals surface area (Å²) in [6.45, 7) is 4.91. The third-order valence-corrected chi connectivity index (χ3v) is 2.49. The molecule has 82 valence electrons. The minimum Gasteiger partial charge on any atom is -0.295 e. The van der Waals surface area contributed by atoms with Gasteiger partial charge in [0.1, 0.15) is 0 Å². The maximum Gasteiger partial charge on any atom is 0.264 e. The molecule has 0 heterocycles. The zero-order valence-electron chi connectivity index (χ0n) is 9.10. The number of ketones is 1. The largest absolute Gasteiger partial charge is 0.295 e. The van der Waals surface area contributed by atoms with Gasteiger partial charge >= 0.3 is 0 Å². The first kappa shape index (κ1) is 11.8. The average molecular weight is 212 g/mol. The standard InChI is InChI=1S/C12H14F2O/c1-4-9-6-10(12(13)14)7(2)5-11(9)8(3)15/h5-6,12H,4H2,1-3H3. The molecule has 15 heavy (non-hydrogen) atoms. The second-order valence-electron chi connectivity index (χ2n) is 3.58. The van der Waals surface area contributed by atoms with Crippen molar-refractivity contribution in [1.29, 1.82) is 0 Å². The molecule has 0 aliphatic carbocycles. The molecule has 0 radical (unpaired) electrons. The Balaban J connectivity index is 3.35. The number of aryl methyl sites for hydroxylation is 2. The number of hydrogen-bond acceptors (Lipinski definition) is 1. The molecule has 0 saturated carbocycles. The molecule has 1 aromatic carbocycles. The lowest BCUT2D eigenvalue weighted by Crippen LogP contribution is -2.02. The van der Waals surface area contributed by atoms with Gasteiger partial charge in [0.05, 0.1) is 0 Å². The van der Waals surface area contributed by atoms with Crippen molar-refractivity contribution in [3.8, 4) is 0 Å². The van der Waals surface area contributed by atoms with E-state index in [9.17, 15) is 13.6 Å². The van der Waals surface area contributed by atoms with E-state index in [1.54, 1.807) is 13.0 Å². The molecule has 1 nitrogen and oxygen atoms in total. The maximum absolute atomic E-state index is 12.6. The fourth-order valence-electron chi connectivity index (χ4n) is 1.63. The van der Waals surface area contributed by atoms with E-state index < -0.39 is 6.43 Å². The van der Waals surface area contributed by atoms with Crippen LogP contribution >= 0.6 is 0 Å². The first-order chi connectivity index (χ1) is 6.97. The number of hydrogen-bond donors (Lipinski definition) is 0. The zero-order valence-corrected chi connectivity index (χ0v) is 9.10. The summed E-state index contributed by atoms with van der Waals surface area (Å²) in [5.41, 5.74) is 1.76. The molecule has 0 saturated heterocycles. The van der Waals surface area contributed by atoms with Gasteiger partial charge in [0.25, 0.3) is 6.43 Å². The lowest BCUT2D eigenvalue weighted by atomic mass is 9.96. The third-order valence-electron chi connectivity index (χ3n) is 2.49. The second-order valence-corrected chi connectivity index (χ2v) is 3.58. The van der Waals surface area contributed by atoms with E-state index in [1.165, 1.54) is 13.0 Å². The van der Waals surface area contributed by atoms with Crippen LogP contribution in [0.2, 0.25) is 0 Å². The molecule has 0 amide bonds. The topological polar surface area (TPSA) is 17.1 Å². The van der Waals surface area contributed by atoms with Crippen LogP contribution in [0.1, 0.15) is 47.3 Å². The minimum atomic E-state index is -2.48. The van der Waals surface area contributed by atoms with Crippen LogP contribution in [-0.2, 0) is 6.42 Å². The van der Waals surface area contributed by atoms with Gasteiger partial charge in [-0.2, -0.15) is 0 Å². The molecule has 0 spiro atoms. The molecule has 0 aromatic heterocycles. The number of rotatable bonds is 3. The Hall–Kier alpha value is -1.25. The molecule has 0 N–H and O–H groups in total. The Morgan fingerprint density at radius 3 is 2.40 bits per heavy atom. The molecular formula is C12H14F2O. The first-order valence-electron chi connectivity index (χ1n) is 4.89. The molecule has 3 heteroatoms. The molecule has 0 atom stereocenters. The van der Waals surface area contributed by atoms with Crippen LogP contribution in [0.5, 0.6) is 0 Å². The van der Waals surface area contributed by atoms with Gasteiger partial charge in [0, 0.05) is 11.1 Å². The van der Waals surface area contributed by atoms with Crippen LogP contribution in [-0.4, -0.2) is 5.78 Å². The van der Waals surface area contributed by atoms with Crippen molar-refractivity contribution >= 4 is 5.78 Å². The van der Waals surface area contributed by atoms with E-state index in [1.807, 2.05) is 6.92 Å². The Kier molecular flexibility index (Phi) is 3.56. The van der Waals surface area contributed by atoms with E-state index in [2.05, 4.69) is 0 Å². The summed E-state index contributed by atoms with van der Waals surface area (Å²) < 4.78 is 25.2. The van der Waals surface area contributed by atoms with Crippen molar-refractivity contribution in [3.63, 3.8) is 0 Å². The third kappa shape index (κ3) is 2.41. The van der Waals surface area contributed by atoms with Gasteiger partial charge in [-0.1, -0.05) is 6.92 Å². The van der Waals surface area contributed by atoms with Crippen molar-refractivity contribution in [1.82, 2.24) is 0 Å². The Morgan fingerprint density at radius 2 is 2.00 bits per heavy atom. The van der Waals surface area contributed by atoms with E-state index in [4.69, 9.17) is 0 Å². The van der Waals surface area contributed by atoms with E-state index in [-0.39, 0.29) is 11.3 Å². The summed E-state index contributed by atoms with van der Waals surface area (Å²) in [4.78, 5) is 11.3. The van der Waals surface area contributed by atoms with Gasteiger partial charge in [-0.15, -0.1) is 0 Å². The van der Waals surface area contributed by atoms with Crippen LogP contribution < -0.4 is 0 Å². The minimum absolute atomic E-state index is 0.0249. The summed E-state index contributed by atoms with van der Waals surface area (Å²) >= 11 is 0. The van der Waals surface area contributed by atoms with Gasteiger partial charge in [-0.05, 0) is 43.5 Å². The quantitative estimate of drug-likeness (QED) is 0.698. The highest BCUT2D eigenvalue weighted by Gasteiger charge is 2.15. The number of benzene rings is 1. The number of alkyl halides is 2. The predicted octanol–water partition coefficient (Wildman–Crippen LogP) is 3.70. The van der Waals surface area contributed by atoms with Crippen molar-refractivity contribution < 1.29 is 13.6 Å². The smallest absolute Gasteiger partial charge is 0.264 e. The van der Waals surface area contributed by atoms with Gasteiger partial charge in [-0.3, -0.25) is 4.79 Å². The van der Waals surface area contributed by atoms with Gasteiger partial charge in [-0.25, -0.2) is 8.78 Å². The number of Topliss-reactive ketones (excluding diaryl/α,β-unsaturated/α-hetero) is 1. The maximum atomic E-state index is 12.6.